The Balaban J connectivity index is 1.94. The molecule has 13 heteroatoms. The zero-order valence-electron chi connectivity index (χ0n) is 17.5. The molecular weight excluding hydrogens is 430 g/mol. The van der Waals surface area contributed by atoms with Crippen molar-refractivity contribution in [3.8, 4) is 0 Å². The highest BCUT2D eigenvalue weighted by Gasteiger charge is 2.46. The lowest BCUT2D eigenvalue weighted by Gasteiger charge is -2.23. The summed E-state index contributed by atoms with van der Waals surface area (Å²) in [5.74, 6) is 0.473. The highest BCUT2D eigenvalue weighted by Crippen LogP contribution is 2.36. The van der Waals surface area contributed by atoms with E-state index in [9.17, 15) is 15.0 Å². The number of imidazole rings is 1. The van der Waals surface area contributed by atoms with Crippen LogP contribution in [0.25, 0.3) is 11.2 Å². The van der Waals surface area contributed by atoms with Crippen molar-refractivity contribution in [3.05, 3.63) is 10.4 Å². The third-order valence-corrected chi connectivity index (χ3v) is 5.61. The van der Waals surface area contributed by atoms with Crippen LogP contribution < -0.4 is 11.3 Å². The Labute approximate surface area is 183 Å². The number of anilines is 1. The fourth-order valence-corrected chi connectivity index (χ4v) is 4.13. The van der Waals surface area contributed by atoms with Crippen LogP contribution >= 0.6 is 11.8 Å². The van der Waals surface area contributed by atoms with Crippen molar-refractivity contribution in [1.29, 1.82) is 0 Å². The van der Waals surface area contributed by atoms with E-state index < -0.39 is 30.1 Å². The monoisotopic (exact) mass is 459 g/mol. The predicted octanol–water partition coefficient (Wildman–Crippen LogP) is -0.497. The minimum absolute atomic E-state index is 0.0682. The van der Waals surface area contributed by atoms with E-state index in [0.717, 1.165) is 6.42 Å². The van der Waals surface area contributed by atoms with Crippen molar-refractivity contribution in [3.63, 3.8) is 0 Å². The molecule has 1 aliphatic heterocycles. The summed E-state index contributed by atoms with van der Waals surface area (Å²) in [5, 5.41) is 20.7. The van der Waals surface area contributed by atoms with Crippen LogP contribution in [-0.4, -0.2) is 93.9 Å². The molecule has 2 aromatic heterocycles. The van der Waals surface area contributed by atoms with Gasteiger partial charge in [-0.05, 0) is 6.42 Å². The van der Waals surface area contributed by atoms with E-state index in [1.807, 2.05) is 6.92 Å². The van der Waals surface area contributed by atoms with Gasteiger partial charge in [-0.3, -0.25) is 14.3 Å². The Morgan fingerprint density at radius 2 is 2.10 bits per heavy atom. The summed E-state index contributed by atoms with van der Waals surface area (Å²) in [6.07, 6.45) is -2.81. The fraction of sp³-hybridized carbons (Fsp3) is 0.722. The lowest BCUT2D eigenvalue weighted by molar-refractivity contribution is -0.0740. The summed E-state index contributed by atoms with van der Waals surface area (Å²) in [6.45, 7) is 3.34. The molecule has 0 bridgehead atoms. The number of hydrogen-bond donors (Lipinski definition) is 4. The van der Waals surface area contributed by atoms with Crippen molar-refractivity contribution in [1.82, 2.24) is 19.5 Å². The summed E-state index contributed by atoms with van der Waals surface area (Å²) in [4.78, 5) is 23.5. The normalized spacial score (nSPS) is 23.7. The number of nitrogens with zero attached hydrogens (tertiary/aromatic N) is 3. The van der Waals surface area contributed by atoms with Gasteiger partial charge in [-0.25, -0.2) is 4.98 Å². The number of methoxy groups -OCH3 is 1. The van der Waals surface area contributed by atoms with Crippen LogP contribution in [0.1, 0.15) is 19.6 Å². The summed E-state index contributed by atoms with van der Waals surface area (Å²) in [5.41, 5.74) is 5.58. The van der Waals surface area contributed by atoms with Crippen molar-refractivity contribution in [2.24, 2.45) is 0 Å². The number of ether oxygens (including phenoxy) is 4. The molecule has 1 saturated heterocycles. The van der Waals surface area contributed by atoms with E-state index in [2.05, 4.69) is 15.0 Å². The van der Waals surface area contributed by atoms with Gasteiger partial charge in [-0.1, -0.05) is 18.7 Å². The number of fused-ring (bicyclic) bond motifs is 1. The summed E-state index contributed by atoms with van der Waals surface area (Å²) in [7, 11) is 1.60. The second-order valence-electron chi connectivity index (χ2n) is 6.92. The topological polar surface area (TPSA) is 167 Å². The van der Waals surface area contributed by atoms with Crippen molar-refractivity contribution in [2.45, 2.75) is 43.0 Å². The van der Waals surface area contributed by atoms with Crippen molar-refractivity contribution < 1.29 is 29.2 Å². The van der Waals surface area contributed by atoms with Gasteiger partial charge in [0.25, 0.3) is 5.56 Å². The maximum absolute atomic E-state index is 12.4. The number of nitrogens with two attached hydrogens (primary N) is 1. The van der Waals surface area contributed by atoms with Crippen LogP contribution in [0, 0.1) is 0 Å². The van der Waals surface area contributed by atoms with Gasteiger partial charge in [0.15, 0.2) is 22.5 Å². The molecule has 0 aromatic carbocycles. The largest absolute Gasteiger partial charge is 0.394 e. The maximum Gasteiger partial charge on any atom is 0.280 e. The highest BCUT2D eigenvalue weighted by molar-refractivity contribution is 7.99. The van der Waals surface area contributed by atoms with E-state index in [1.165, 1.54) is 11.8 Å². The molecule has 5 N–H and O–H groups in total. The molecular formula is C18H29N5O7S. The van der Waals surface area contributed by atoms with E-state index in [1.54, 1.807) is 11.7 Å². The van der Waals surface area contributed by atoms with Crippen molar-refractivity contribution in [2.75, 3.05) is 51.6 Å². The van der Waals surface area contributed by atoms with Gasteiger partial charge in [0, 0.05) is 19.5 Å². The molecule has 4 atom stereocenters. The lowest BCUT2D eigenvalue weighted by Crippen LogP contribution is -2.36. The first-order chi connectivity index (χ1) is 15.0. The Morgan fingerprint density at radius 3 is 2.81 bits per heavy atom. The molecule has 31 heavy (non-hydrogen) atoms. The van der Waals surface area contributed by atoms with Crippen LogP contribution in [-0.2, 0) is 18.9 Å². The number of aromatic amines is 1. The Bertz CT molecular complexity index is 907. The van der Waals surface area contributed by atoms with Crippen LogP contribution in [0.3, 0.4) is 0 Å². The van der Waals surface area contributed by atoms with Crippen LogP contribution in [0.15, 0.2) is 9.95 Å². The summed E-state index contributed by atoms with van der Waals surface area (Å²) >= 11 is 1.34. The highest BCUT2D eigenvalue weighted by atomic mass is 32.2. The molecule has 174 valence electrons. The molecule has 0 aliphatic carbocycles. The predicted molar refractivity (Wildman–Crippen MR) is 113 cm³/mol. The number of rotatable bonds is 12. The van der Waals surface area contributed by atoms with Crippen LogP contribution in [0.2, 0.25) is 0 Å². The van der Waals surface area contributed by atoms with Gasteiger partial charge in [0.1, 0.15) is 18.3 Å². The first-order valence-electron chi connectivity index (χ1n) is 10.0. The quantitative estimate of drug-likeness (QED) is 0.239. The number of aliphatic hydroxyl groups excluding tert-OH is 2. The SMILES string of the molecule is CCCO[C@@H]1[C@H](O)[C@@H](CO)O[C@H]1n1c(SCCOCCOC)nc2c(=O)[nH]c(N)nc21. The smallest absolute Gasteiger partial charge is 0.280 e. The molecule has 1 fully saturated rings. The lowest BCUT2D eigenvalue weighted by atomic mass is 10.1. The zero-order chi connectivity index (χ0) is 22.4. The number of nitrogens with one attached hydrogen (secondary N) is 1. The average molecular weight is 460 g/mol. The first-order valence-corrected chi connectivity index (χ1v) is 11.0. The molecule has 3 heterocycles. The number of hydrogen-bond acceptors (Lipinski definition) is 11. The molecule has 2 aromatic rings. The Kier molecular flexibility index (Phi) is 8.66. The third-order valence-electron chi connectivity index (χ3n) is 4.69. The molecule has 1 aliphatic rings. The van der Waals surface area contributed by atoms with Crippen molar-refractivity contribution >= 4 is 28.9 Å². The summed E-state index contributed by atoms with van der Waals surface area (Å²) < 4.78 is 23.8. The van der Waals surface area contributed by atoms with Crippen LogP contribution in [0.4, 0.5) is 5.95 Å². The Hall–Kier alpha value is -1.74. The third kappa shape index (κ3) is 5.37. The average Bonchev–Trinajstić information content (AvgIpc) is 3.26. The minimum Gasteiger partial charge on any atom is -0.394 e. The van der Waals surface area contributed by atoms with E-state index in [-0.39, 0.29) is 23.7 Å². The number of H-pyrrole nitrogens is 1. The maximum atomic E-state index is 12.4. The second-order valence-corrected chi connectivity index (χ2v) is 7.98. The number of nitrogen functional groups attached to an aromatic ring is 1. The van der Waals surface area contributed by atoms with Gasteiger partial charge in [-0.2, -0.15) is 4.98 Å². The Morgan fingerprint density at radius 1 is 1.29 bits per heavy atom. The van der Waals surface area contributed by atoms with E-state index in [0.29, 0.717) is 37.3 Å². The standard InChI is InChI=1S/C18H29N5O7S/c1-3-4-29-13-12(25)10(9-24)30-16(13)23-14-11(15(26)22-17(19)21-14)20-18(23)31-8-7-28-6-5-27-2/h10,12-13,16,24-25H,3-9H2,1-2H3,(H3,19,21,22,26)/t10-,12-,13-,16-/m1/s1. The number of thioether (sulfide) groups is 1. The van der Waals surface area contributed by atoms with Gasteiger partial charge < -0.3 is 34.9 Å². The molecule has 3 rings (SSSR count). The molecule has 0 amide bonds. The second kappa shape index (κ2) is 11.2. The van der Waals surface area contributed by atoms with Crippen LogP contribution in [0.5, 0.6) is 0 Å². The molecule has 0 saturated carbocycles. The van der Waals surface area contributed by atoms with Gasteiger partial charge in [0.05, 0.1) is 26.4 Å². The van der Waals surface area contributed by atoms with E-state index in [4.69, 9.17) is 24.7 Å². The van der Waals surface area contributed by atoms with Gasteiger partial charge in [-0.15, -0.1) is 0 Å². The number of aromatic nitrogens is 4. The van der Waals surface area contributed by atoms with Gasteiger partial charge in [0.2, 0.25) is 5.95 Å². The van der Waals surface area contributed by atoms with E-state index >= 15 is 0 Å². The fourth-order valence-electron chi connectivity index (χ4n) is 3.26. The molecule has 0 spiro atoms. The molecule has 0 radical (unpaired) electrons. The first kappa shape index (κ1) is 23.9. The summed E-state index contributed by atoms with van der Waals surface area (Å²) in [6, 6.07) is 0. The zero-order valence-corrected chi connectivity index (χ0v) is 18.3. The minimum atomic E-state index is -1.06. The van der Waals surface area contributed by atoms with Gasteiger partial charge >= 0.3 is 0 Å². The number of aliphatic hydroxyl groups is 2. The molecule has 12 nitrogen and oxygen atoms in total. The molecule has 0 unspecified atom stereocenters.